The summed E-state index contributed by atoms with van der Waals surface area (Å²) in [5.74, 6) is 0.0270. The summed E-state index contributed by atoms with van der Waals surface area (Å²) in [6.45, 7) is 2.07. The van der Waals surface area contributed by atoms with Gasteiger partial charge in [-0.05, 0) is 24.9 Å². The average molecular weight is 264 g/mol. The highest BCUT2D eigenvalue weighted by atomic mass is 16.2. The molecule has 0 saturated heterocycles. The Labute approximate surface area is 115 Å². The molecule has 0 aliphatic heterocycles. The van der Waals surface area contributed by atoms with E-state index in [9.17, 15) is 4.79 Å². The van der Waals surface area contributed by atoms with Gasteiger partial charge in [0.1, 0.15) is 0 Å². The lowest BCUT2D eigenvalue weighted by Gasteiger charge is -2.06. The molecule has 0 unspecified atom stereocenters. The number of hydrogen-bond donors (Lipinski definition) is 3. The van der Waals surface area contributed by atoms with E-state index in [0.717, 1.165) is 37.8 Å². The number of hydrogen-bond acceptors (Lipinski definition) is 3. The van der Waals surface area contributed by atoms with Gasteiger partial charge in [-0.1, -0.05) is 43.2 Å². The molecule has 1 rings (SSSR count). The summed E-state index contributed by atoms with van der Waals surface area (Å²) in [7, 11) is 0. The van der Waals surface area contributed by atoms with Crippen LogP contribution in [0.2, 0.25) is 0 Å². The van der Waals surface area contributed by atoms with Crippen LogP contribution in [-0.2, 0) is 11.3 Å². The van der Waals surface area contributed by atoms with Gasteiger partial charge in [0.15, 0.2) is 0 Å². The highest BCUT2D eigenvalue weighted by molar-refractivity contribution is 5.77. The van der Waals surface area contributed by atoms with Gasteiger partial charge in [-0.15, -0.1) is 0 Å². The number of aliphatic hydroxyl groups is 1. The van der Waals surface area contributed by atoms with Gasteiger partial charge in [-0.3, -0.25) is 4.79 Å². The van der Waals surface area contributed by atoms with E-state index in [2.05, 4.69) is 10.6 Å². The maximum Gasteiger partial charge on any atom is 0.234 e. The van der Waals surface area contributed by atoms with Crippen LogP contribution in [0.3, 0.4) is 0 Å². The molecule has 4 nitrogen and oxygen atoms in total. The molecule has 0 aromatic heterocycles. The molecule has 0 aliphatic rings. The zero-order valence-corrected chi connectivity index (χ0v) is 11.4. The molecule has 1 amide bonds. The van der Waals surface area contributed by atoms with Crippen molar-refractivity contribution in [2.45, 2.75) is 32.2 Å². The van der Waals surface area contributed by atoms with Crippen LogP contribution in [0.1, 0.15) is 31.2 Å². The van der Waals surface area contributed by atoms with Crippen LogP contribution in [-0.4, -0.2) is 30.7 Å². The number of unbranched alkanes of at least 4 members (excludes halogenated alkanes) is 3. The molecule has 0 saturated carbocycles. The molecule has 0 aliphatic carbocycles. The van der Waals surface area contributed by atoms with Crippen LogP contribution in [0.25, 0.3) is 0 Å². The quantitative estimate of drug-likeness (QED) is 0.560. The summed E-state index contributed by atoms with van der Waals surface area (Å²) >= 11 is 0. The Kier molecular flexibility index (Phi) is 8.68. The van der Waals surface area contributed by atoms with E-state index >= 15 is 0 Å². The van der Waals surface area contributed by atoms with Crippen molar-refractivity contribution in [1.82, 2.24) is 10.6 Å². The summed E-state index contributed by atoms with van der Waals surface area (Å²) in [6.07, 6.45) is 4.07. The van der Waals surface area contributed by atoms with Crippen LogP contribution >= 0.6 is 0 Å². The number of aliphatic hydroxyl groups excluding tert-OH is 1. The molecule has 0 atom stereocenters. The van der Waals surface area contributed by atoms with E-state index in [0.29, 0.717) is 13.1 Å². The number of rotatable bonds is 10. The van der Waals surface area contributed by atoms with Crippen LogP contribution in [0, 0.1) is 0 Å². The number of carbonyl (C=O) groups is 1. The Balaban J connectivity index is 1.96. The smallest absolute Gasteiger partial charge is 0.234 e. The lowest BCUT2D eigenvalue weighted by atomic mass is 10.2. The maximum absolute atomic E-state index is 11.5. The zero-order valence-electron chi connectivity index (χ0n) is 11.4. The number of carbonyl (C=O) groups excluding carboxylic acids is 1. The van der Waals surface area contributed by atoms with Gasteiger partial charge < -0.3 is 15.7 Å². The molecular formula is C15H24N2O2. The molecule has 0 fully saturated rings. The summed E-state index contributed by atoms with van der Waals surface area (Å²) in [5.41, 5.74) is 1.11. The van der Waals surface area contributed by atoms with Crippen molar-refractivity contribution in [3.63, 3.8) is 0 Å². The minimum Gasteiger partial charge on any atom is -0.396 e. The summed E-state index contributed by atoms with van der Waals surface area (Å²) < 4.78 is 0. The van der Waals surface area contributed by atoms with Crippen molar-refractivity contribution in [2.24, 2.45) is 0 Å². The third-order valence-corrected chi connectivity index (χ3v) is 2.88. The number of amides is 1. The highest BCUT2D eigenvalue weighted by Gasteiger charge is 2.00. The Morgan fingerprint density at radius 3 is 2.53 bits per heavy atom. The van der Waals surface area contributed by atoms with Crippen LogP contribution in [0.15, 0.2) is 30.3 Å². The first kappa shape index (κ1) is 15.7. The van der Waals surface area contributed by atoms with Gasteiger partial charge in [0.2, 0.25) is 5.91 Å². The number of nitrogens with one attached hydrogen (secondary N) is 2. The molecular weight excluding hydrogens is 240 g/mol. The van der Waals surface area contributed by atoms with E-state index in [1.54, 1.807) is 0 Å². The van der Waals surface area contributed by atoms with Crippen molar-refractivity contribution in [3.8, 4) is 0 Å². The predicted molar refractivity (Wildman–Crippen MR) is 76.7 cm³/mol. The van der Waals surface area contributed by atoms with E-state index in [1.165, 1.54) is 0 Å². The fourth-order valence-corrected chi connectivity index (χ4v) is 1.78. The molecule has 4 heteroatoms. The maximum atomic E-state index is 11.5. The molecule has 0 spiro atoms. The van der Waals surface area contributed by atoms with Crippen LogP contribution in [0.5, 0.6) is 0 Å². The third kappa shape index (κ3) is 8.35. The lowest BCUT2D eigenvalue weighted by molar-refractivity contribution is -0.120. The monoisotopic (exact) mass is 264 g/mol. The molecule has 3 N–H and O–H groups in total. The first-order valence-electron chi connectivity index (χ1n) is 6.95. The third-order valence-electron chi connectivity index (χ3n) is 2.88. The van der Waals surface area contributed by atoms with Gasteiger partial charge in [0.05, 0.1) is 6.54 Å². The second kappa shape index (κ2) is 10.5. The fraction of sp³-hybridized carbons (Fsp3) is 0.533. The number of benzene rings is 1. The minimum atomic E-state index is 0.0270. The average Bonchev–Trinajstić information content (AvgIpc) is 2.45. The summed E-state index contributed by atoms with van der Waals surface area (Å²) in [5, 5.41) is 14.6. The van der Waals surface area contributed by atoms with Gasteiger partial charge in [-0.2, -0.15) is 0 Å². The largest absolute Gasteiger partial charge is 0.396 e. The Morgan fingerprint density at radius 2 is 1.79 bits per heavy atom. The van der Waals surface area contributed by atoms with E-state index < -0.39 is 0 Å². The molecule has 0 radical (unpaired) electrons. The van der Waals surface area contributed by atoms with Crippen molar-refractivity contribution in [3.05, 3.63) is 35.9 Å². The van der Waals surface area contributed by atoms with Gasteiger partial charge >= 0.3 is 0 Å². The SMILES string of the molecule is O=C(CNCCCCCCO)NCc1ccccc1. The topological polar surface area (TPSA) is 61.4 Å². The zero-order chi connectivity index (χ0) is 13.8. The first-order valence-corrected chi connectivity index (χ1v) is 6.95. The van der Waals surface area contributed by atoms with Crippen molar-refractivity contribution in [2.75, 3.05) is 19.7 Å². The molecule has 0 heterocycles. The molecule has 1 aromatic rings. The van der Waals surface area contributed by atoms with E-state index in [4.69, 9.17) is 5.11 Å². The fourth-order valence-electron chi connectivity index (χ4n) is 1.78. The standard InChI is InChI=1S/C15H24N2O2/c18-11-7-2-1-6-10-16-13-15(19)17-12-14-8-4-3-5-9-14/h3-5,8-9,16,18H,1-2,6-7,10-13H2,(H,17,19). The Morgan fingerprint density at radius 1 is 1.05 bits per heavy atom. The molecule has 0 bridgehead atoms. The second-order valence-corrected chi connectivity index (χ2v) is 4.58. The summed E-state index contributed by atoms with van der Waals surface area (Å²) in [6, 6.07) is 9.88. The van der Waals surface area contributed by atoms with E-state index in [-0.39, 0.29) is 12.5 Å². The Bertz CT molecular complexity index is 341. The van der Waals surface area contributed by atoms with Gasteiger partial charge in [0.25, 0.3) is 0 Å². The van der Waals surface area contributed by atoms with Crippen molar-refractivity contribution < 1.29 is 9.90 Å². The van der Waals surface area contributed by atoms with Crippen LogP contribution in [0.4, 0.5) is 0 Å². The van der Waals surface area contributed by atoms with Crippen molar-refractivity contribution in [1.29, 1.82) is 0 Å². The second-order valence-electron chi connectivity index (χ2n) is 4.58. The first-order chi connectivity index (χ1) is 9.33. The van der Waals surface area contributed by atoms with Crippen molar-refractivity contribution >= 4 is 5.91 Å². The van der Waals surface area contributed by atoms with Gasteiger partial charge in [0, 0.05) is 13.2 Å². The van der Waals surface area contributed by atoms with Gasteiger partial charge in [-0.25, -0.2) is 0 Å². The minimum absolute atomic E-state index is 0.0270. The molecule has 106 valence electrons. The highest BCUT2D eigenvalue weighted by Crippen LogP contribution is 1.98. The normalized spacial score (nSPS) is 10.4. The molecule has 19 heavy (non-hydrogen) atoms. The molecule has 1 aromatic carbocycles. The Hall–Kier alpha value is -1.39. The summed E-state index contributed by atoms with van der Waals surface area (Å²) in [4.78, 5) is 11.5. The lowest BCUT2D eigenvalue weighted by Crippen LogP contribution is -2.33. The predicted octanol–water partition coefficient (Wildman–Crippen LogP) is 1.45. The van der Waals surface area contributed by atoms with Crippen LogP contribution < -0.4 is 10.6 Å². The van der Waals surface area contributed by atoms with E-state index in [1.807, 2.05) is 30.3 Å².